The predicted molar refractivity (Wildman–Crippen MR) is 101 cm³/mol. The Kier molecular flexibility index (Phi) is 12.0. The van der Waals surface area contributed by atoms with Gasteiger partial charge in [0.15, 0.2) is 5.96 Å². The molecule has 6 heteroatoms. The average Bonchev–Trinajstić information content (AvgIpc) is 2.43. The molecule has 0 aliphatic carbocycles. The normalized spacial score (nSPS) is 11.1. The number of hydrogen-bond donors (Lipinski definition) is 3. The molecular weight excluding hydrogens is 377 g/mol. The molecule has 0 aliphatic rings. The van der Waals surface area contributed by atoms with E-state index in [1.165, 1.54) is 0 Å². The van der Waals surface area contributed by atoms with Gasteiger partial charge in [0.2, 0.25) is 0 Å². The van der Waals surface area contributed by atoms with Crippen LogP contribution in [0.1, 0.15) is 33.1 Å². The molecule has 0 radical (unpaired) electrons. The van der Waals surface area contributed by atoms with E-state index in [0.717, 1.165) is 44.7 Å². The Balaban J connectivity index is 0.00000400. The van der Waals surface area contributed by atoms with E-state index in [2.05, 4.69) is 34.5 Å². The van der Waals surface area contributed by atoms with Gasteiger partial charge in [0.1, 0.15) is 5.82 Å². The summed E-state index contributed by atoms with van der Waals surface area (Å²) in [5.74, 6) is 2.17. The molecular formula is C15H28IN5. The maximum absolute atomic E-state index is 5.78. The first kappa shape index (κ1) is 19.9. The Hall–Kier alpha value is -1.05. The molecule has 0 bridgehead atoms. The number of unbranched alkanes of at least 4 members (excludes halogenated alkanes) is 1. The third-order valence-corrected chi connectivity index (χ3v) is 2.87. The largest absolute Gasteiger partial charge is 0.370 e. The number of guanidine groups is 1. The molecule has 0 saturated heterocycles. The summed E-state index contributed by atoms with van der Waals surface area (Å²) in [6, 6.07) is 5.85. The van der Waals surface area contributed by atoms with Gasteiger partial charge in [-0.25, -0.2) is 4.98 Å². The summed E-state index contributed by atoms with van der Waals surface area (Å²) >= 11 is 0. The fraction of sp³-hybridized carbons (Fsp3) is 0.600. The smallest absolute Gasteiger partial charge is 0.188 e. The van der Waals surface area contributed by atoms with Gasteiger partial charge in [-0.2, -0.15) is 0 Å². The minimum Gasteiger partial charge on any atom is -0.370 e. The molecule has 4 N–H and O–H groups in total. The molecule has 21 heavy (non-hydrogen) atoms. The third-order valence-electron chi connectivity index (χ3n) is 2.87. The fourth-order valence-electron chi connectivity index (χ4n) is 1.66. The van der Waals surface area contributed by atoms with E-state index in [1.54, 1.807) is 6.20 Å². The Labute approximate surface area is 145 Å². The number of aromatic nitrogens is 1. The van der Waals surface area contributed by atoms with Crippen LogP contribution in [-0.2, 0) is 0 Å². The fourth-order valence-corrected chi connectivity index (χ4v) is 1.66. The molecule has 0 aromatic carbocycles. The number of nitrogens with two attached hydrogens (primary N) is 1. The number of halogens is 1. The maximum Gasteiger partial charge on any atom is 0.188 e. The van der Waals surface area contributed by atoms with Gasteiger partial charge in [-0.15, -0.1) is 24.0 Å². The van der Waals surface area contributed by atoms with Crippen LogP contribution in [0, 0.1) is 5.92 Å². The lowest BCUT2D eigenvalue weighted by Crippen LogP contribution is -2.33. The van der Waals surface area contributed by atoms with Crippen molar-refractivity contribution in [3.05, 3.63) is 24.4 Å². The van der Waals surface area contributed by atoms with Crippen molar-refractivity contribution >= 4 is 35.8 Å². The number of hydrogen-bond acceptors (Lipinski definition) is 3. The summed E-state index contributed by atoms with van der Waals surface area (Å²) in [7, 11) is 0. The first-order chi connectivity index (χ1) is 9.68. The van der Waals surface area contributed by atoms with Crippen molar-refractivity contribution in [2.45, 2.75) is 33.1 Å². The third kappa shape index (κ3) is 11.3. The lowest BCUT2D eigenvalue weighted by molar-refractivity contribution is 0.576. The van der Waals surface area contributed by atoms with Crippen LogP contribution in [0.3, 0.4) is 0 Å². The van der Waals surface area contributed by atoms with Crippen LogP contribution in [0.15, 0.2) is 29.4 Å². The molecule has 0 fully saturated rings. The first-order valence-corrected chi connectivity index (χ1v) is 7.37. The van der Waals surface area contributed by atoms with Gasteiger partial charge in [0.05, 0.1) is 0 Å². The van der Waals surface area contributed by atoms with Gasteiger partial charge in [-0.1, -0.05) is 19.9 Å². The van der Waals surface area contributed by atoms with E-state index in [4.69, 9.17) is 5.73 Å². The van der Waals surface area contributed by atoms with Gasteiger partial charge in [0.25, 0.3) is 0 Å². The molecule has 1 rings (SSSR count). The number of nitrogens with zero attached hydrogens (tertiary/aromatic N) is 2. The summed E-state index contributed by atoms with van der Waals surface area (Å²) in [6.45, 7) is 6.97. The van der Waals surface area contributed by atoms with Crippen molar-refractivity contribution in [1.29, 1.82) is 0 Å². The molecule has 1 heterocycles. The summed E-state index contributed by atoms with van der Waals surface area (Å²) < 4.78 is 0. The van der Waals surface area contributed by atoms with Crippen LogP contribution < -0.4 is 16.4 Å². The van der Waals surface area contributed by atoms with Crippen LogP contribution in [0.4, 0.5) is 5.82 Å². The molecule has 1 aromatic rings. The van der Waals surface area contributed by atoms with E-state index in [1.807, 2.05) is 18.2 Å². The van der Waals surface area contributed by atoms with E-state index >= 15 is 0 Å². The zero-order valence-corrected chi connectivity index (χ0v) is 15.3. The first-order valence-electron chi connectivity index (χ1n) is 7.37. The molecule has 0 saturated carbocycles. The highest BCUT2D eigenvalue weighted by Crippen LogP contribution is 2.00. The molecule has 0 unspecified atom stereocenters. The van der Waals surface area contributed by atoms with E-state index in [0.29, 0.717) is 11.9 Å². The van der Waals surface area contributed by atoms with Crippen molar-refractivity contribution in [2.75, 3.05) is 25.0 Å². The maximum atomic E-state index is 5.78. The molecule has 0 atom stereocenters. The Morgan fingerprint density at radius 3 is 2.76 bits per heavy atom. The van der Waals surface area contributed by atoms with Crippen LogP contribution in [0.2, 0.25) is 0 Å². The topological polar surface area (TPSA) is 75.3 Å². The zero-order chi connectivity index (χ0) is 14.6. The van der Waals surface area contributed by atoms with Gasteiger partial charge >= 0.3 is 0 Å². The second-order valence-corrected chi connectivity index (χ2v) is 5.23. The Morgan fingerprint density at radius 2 is 2.10 bits per heavy atom. The van der Waals surface area contributed by atoms with Crippen LogP contribution in [-0.4, -0.2) is 30.6 Å². The molecule has 1 aromatic heterocycles. The summed E-state index contributed by atoms with van der Waals surface area (Å²) in [4.78, 5) is 8.51. The standard InChI is InChI=1S/C15H27N5.HI/c1-13(2)8-12-20-15(16)19-11-6-5-10-18-14-7-3-4-9-17-14;/h3-4,7,9,13H,5-6,8,10-12H2,1-2H3,(H,17,18)(H3,16,19,20);1H. The predicted octanol–water partition coefficient (Wildman–Crippen LogP) is 2.84. The summed E-state index contributed by atoms with van der Waals surface area (Å²) in [5, 5.41) is 6.41. The second kappa shape index (κ2) is 12.7. The number of pyridine rings is 1. The van der Waals surface area contributed by atoms with Gasteiger partial charge < -0.3 is 16.4 Å². The number of aliphatic imine (C=N–C) groups is 1. The highest BCUT2D eigenvalue weighted by atomic mass is 127. The minimum atomic E-state index is 0. The van der Waals surface area contributed by atoms with E-state index < -0.39 is 0 Å². The number of rotatable bonds is 9. The van der Waals surface area contributed by atoms with Crippen molar-refractivity contribution < 1.29 is 0 Å². The monoisotopic (exact) mass is 405 g/mol. The molecule has 0 aliphatic heterocycles. The highest BCUT2D eigenvalue weighted by Gasteiger charge is 1.95. The van der Waals surface area contributed by atoms with E-state index in [9.17, 15) is 0 Å². The van der Waals surface area contributed by atoms with Gasteiger partial charge in [-0.05, 0) is 37.3 Å². The zero-order valence-electron chi connectivity index (χ0n) is 13.0. The summed E-state index contributed by atoms with van der Waals surface area (Å²) in [5.41, 5.74) is 5.78. The molecule has 120 valence electrons. The minimum absolute atomic E-state index is 0. The summed E-state index contributed by atoms with van der Waals surface area (Å²) in [6.07, 6.45) is 4.98. The number of anilines is 1. The number of nitrogens with one attached hydrogen (secondary N) is 2. The molecule has 0 spiro atoms. The average molecular weight is 405 g/mol. The Bertz CT molecular complexity index is 381. The van der Waals surface area contributed by atoms with Crippen molar-refractivity contribution in [2.24, 2.45) is 16.6 Å². The van der Waals surface area contributed by atoms with Crippen LogP contribution in [0.5, 0.6) is 0 Å². The van der Waals surface area contributed by atoms with E-state index in [-0.39, 0.29) is 24.0 Å². The Morgan fingerprint density at radius 1 is 1.29 bits per heavy atom. The van der Waals surface area contributed by atoms with Gasteiger partial charge in [0, 0.05) is 25.8 Å². The van der Waals surface area contributed by atoms with Crippen molar-refractivity contribution in [1.82, 2.24) is 10.3 Å². The highest BCUT2D eigenvalue weighted by molar-refractivity contribution is 14.0. The van der Waals surface area contributed by atoms with Crippen LogP contribution >= 0.6 is 24.0 Å². The lowest BCUT2D eigenvalue weighted by atomic mass is 10.1. The SMILES string of the molecule is CC(C)CCNC(N)=NCCCCNc1ccccn1.I. The van der Waals surface area contributed by atoms with Gasteiger partial charge in [-0.3, -0.25) is 4.99 Å². The molecule has 5 nitrogen and oxygen atoms in total. The lowest BCUT2D eigenvalue weighted by Gasteiger charge is -2.07. The quantitative estimate of drug-likeness (QED) is 0.256. The van der Waals surface area contributed by atoms with Crippen LogP contribution in [0.25, 0.3) is 0 Å². The van der Waals surface area contributed by atoms with Crippen molar-refractivity contribution in [3.63, 3.8) is 0 Å². The molecule has 0 amide bonds. The van der Waals surface area contributed by atoms with Crippen molar-refractivity contribution in [3.8, 4) is 0 Å². The second-order valence-electron chi connectivity index (χ2n) is 5.23.